The number of aromatic nitrogens is 1. The molecule has 2 heterocycles. The molecule has 0 unspecified atom stereocenters. The van der Waals surface area contributed by atoms with Crippen LogP contribution in [0.5, 0.6) is 0 Å². The minimum absolute atomic E-state index is 0.0209. The van der Waals surface area contributed by atoms with E-state index in [9.17, 15) is 23.6 Å². The second-order valence-corrected chi connectivity index (χ2v) is 8.70. The van der Waals surface area contributed by atoms with Crippen molar-refractivity contribution in [3.05, 3.63) is 46.1 Å². The van der Waals surface area contributed by atoms with Gasteiger partial charge >= 0.3 is 18.0 Å². The molecule has 2 aromatic rings. The van der Waals surface area contributed by atoms with Crippen LogP contribution in [-0.4, -0.2) is 56.3 Å². The van der Waals surface area contributed by atoms with Crippen LogP contribution >= 0.6 is 35.3 Å². The summed E-state index contributed by atoms with van der Waals surface area (Å²) in [5, 5.41) is 15.5. The molecule has 10 nitrogen and oxygen atoms in total. The monoisotopic (exact) mass is 510 g/mol. The van der Waals surface area contributed by atoms with Crippen molar-refractivity contribution < 1.29 is 33.4 Å². The molecular formula is C19H15FN4O6S3. The topological polar surface area (TPSA) is 138 Å². The number of carboxylic acid groups (broad SMARTS) is 1. The van der Waals surface area contributed by atoms with Gasteiger partial charge in [-0.2, -0.15) is 0 Å². The van der Waals surface area contributed by atoms with Crippen LogP contribution < -0.4 is 10.6 Å². The predicted octanol–water partition coefficient (Wildman–Crippen LogP) is 3.15. The van der Waals surface area contributed by atoms with Gasteiger partial charge in [0.25, 0.3) is 5.91 Å². The lowest BCUT2D eigenvalue weighted by Gasteiger charge is -2.11. The van der Waals surface area contributed by atoms with Gasteiger partial charge in [-0.25, -0.2) is 19.0 Å². The highest BCUT2D eigenvalue weighted by Crippen LogP contribution is 2.38. The van der Waals surface area contributed by atoms with E-state index in [4.69, 9.17) is 22.1 Å². The van der Waals surface area contributed by atoms with Gasteiger partial charge in [-0.3, -0.25) is 19.8 Å². The summed E-state index contributed by atoms with van der Waals surface area (Å²) >= 11 is 6.82. The molecule has 172 valence electrons. The number of thiocarbonyl (C=S) groups is 1. The number of carbonyl (C=O) groups is 4. The molecule has 1 fully saturated rings. The van der Waals surface area contributed by atoms with Crippen LogP contribution in [0.15, 0.2) is 34.6 Å². The van der Waals surface area contributed by atoms with Crippen molar-refractivity contribution in [1.82, 2.24) is 9.88 Å². The number of urea groups is 1. The van der Waals surface area contributed by atoms with Crippen molar-refractivity contribution in [2.45, 2.75) is 6.92 Å². The Morgan fingerprint density at radius 2 is 1.94 bits per heavy atom. The Labute approximate surface area is 199 Å². The zero-order valence-electron chi connectivity index (χ0n) is 16.8. The van der Waals surface area contributed by atoms with E-state index >= 15 is 0 Å². The van der Waals surface area contributed by atoms with Crippen LogP contribution in [0.25, 0.3) is 5.57 Å². The van der Waals surface area contributed by atoms with Gasteiger partial charge < -0.3 is 15.2 Å². The Morgan fingerprint density at radius 3 is 2.58 bits per heavy atom. The van der Waals surface area contributed by atoms with Crippen molar-refractivity contribution in [2.75, 3.05) is 23.8 Å². The van der Waals surface area contributed by atoms with Crippen molar-refractivity contribution >= 4 is 79.9 Å². The van der Waals surface area contributed by atoms with Gasteiger partial charge in [0.2, 0.25) is 0 Å². The predicted molar refractivity (Wildman–Crippen MR) is 124 cm³/mol. The number of carbonyl (C=O) groups excluding carboxylic acids is 3. The SMILES string of the molecule is CCOC(=O)/C(=C1/SC(=S)N(CC(=O)O)C1=O)c1csc(NC(=O)Nc2ccc(F)cc2)n1. The van der Waals surface area contributed by atoms with Crippen molar-refractivity contribution in [2.24, 2.45) is 0 Å². The summed E-state index contributed by atoms with van der Waals surface area (Å²) in [6.45, 7) is 0.948. The lowest BCUT2D eigenvalue weighted by Crippen LogP contribution is -2.33. The summed E-state index contributed by atoms with van der Waals surface area (Å²) in [5.74, 6) is -3.32. The molecular weight excluding hydrogens is 495 g/mol. The number of nitrogens with zero attached hydrogens (tertiary/aromatic N) is 2. The summed E-state index contributed by atoms with van der Waals surface area (Å²) < 4.78 is 18.0. The first-order valence-electron chi connectivity index (χ1n) is 9.16. The van der Waals surface area contributed by atoms with E-state index in [1.54, 1.807) is 6.92 Å². The molecule has 33 heavy (non-hydrogen) atoms. The number of esters is 1. The fourth-order valence-electron chi connectivity index (χ4n) is 2.58. The quantitative estimate of drug-likeness (QED) is 0.291. The molecule has 1 aromatic carbocycles. The third-order valence-electron chi connectivity index (χ3n) is 3.93. The number of anilines is 2. The third-order valence-corrected chi connectivity index (χ3v) is 6.14. The van der Waals surface area contributed by atoms with E-state index in [0.717, 1.165) is 28.0 Å². The molecule has 1 aliphatic rings. The Bertz CT molecular complexity index is 1160. The second kappa shape index (κ2) is 10.5. The van der Waals surface area contributed by atoms with Gasteiger partial charge in [0.1, 0.15) is 22.3 Å². The third kappa shape index (κ3) is 5.91. The first kappa shape index (κ1) is 24.3. The summed E-state index contributed by atoms with van der Waals surface area (Å²) in [6, 6.07) is 4.46. The Kier molecular flexibility index (Phi) is 7.73. The molecule has 0 radical (unpaired) electrons. The maximum atomic E-state index is 13.0. The van der Waals surface area contributed by atoms with E-state index in [1.165, 1.54) is 29.6 Å². The van der Waals surface area contributed by atoms with Gasteiger partial charge in [-0.15, -0.1) is 11.3 Å². The van der Waals surface area contributed by atoms with E-state index < -0.39 is 36.2 Å². The molecule has 0 aliphatic carbocycles. The minimum atomic E-state index is -1.27. The van der Waals surface area contributed by atoms with Crippen LogP contribution in [0.1, 0.15) is 12.6 Å². The van der Waals surface area contributed by atoms with E-state index in [1.807, 2.05) is 0 Å². The molecule has 3 N–H and O–H groups in total. The molecule has 1 aromatic heterocycles. The van der Waals surface area contributed by atoms with Gasteiger partial charge in [0.15, 0.2) is 5.13 Å². The van der Waals surface area contributed by atoms with Gasteiger partial charge in [-0.05, 0) is 31.2 Å². The lowest BCUT2D eigenvalue weighted by molar-refractivity contribution is -0.140. The Hall–Kier alpha value is -3.36. The summed E-state index contributed by atoms with van der Waals surface area (Å²) in [5.41, 5.74) is 0.205. The standard InChI is InChI=1S/C19H15FN4O6S3/c1-2-30-16(28)13(14-15(27)24(7-12(25)26)19(31)33-14)11-8-32-18(22-11)23-17(29)21-10-5-3-9(20)4-6-10/h3-6,8H,2,7H2,1H3,(H,25,26)(H2,21,22,23,29)/b14-13+. The molecule has 0 spiro atoms. The van der Waals surface area contributed by atoms with Gasteiger partial charge in [-0.1, -0.05) is 24.0 Å². The first-order chi connectivity index (χ1) is 15.7. The Balaban J connectivity index is 1.85. The number of carboxylic acids is 1. The average Bonchev–Trinajstić information content (AvgIpc) is 3.30. The number of rotatable bonds is 7. The number of hydrogen-bond acceptors (Lipinski definition) is 9. The number of amides is 3. The number of thiazole rings is 1. The van der Waals surface area contributed by atoms with Crippen LogP contribution in [0.2, 0.25) is 0 Å². The number of aliphatic carboxylic acids is 1. The number of hydrogen-bond donors (Lipinski definition) is 3. The highest BCUT2D eigenvalue weighted by atomic mass is 32.2. The zero-order valence-corrected chi connectivity index (χ0v) is 19.2. The summed E-state index contributed by atoms with van der Waals surface area (Å²) in [4.78, 5) is 53.5. The van der Waals surface area contributed by atoms with E-state index in [0.29, 0.717) is 5.69 Å². The molecule has 0 saturated carbocycles. The largest absolute Gasteiger partial charge is 0.480 e. The van der Waals surface area contributed by atoms with Crippen molar-refractivity contribution in [3.63, 3.8) is 0 Å². The maximum absolute atomic E-state index is 13.0. The number of benzene rings is 1. The molecule has 14 heteroatoms. The first-order valence-corrected chi connectivity index (χ1v) is 11.3. The minimum Gasteiger partial charge on any atom is -0.480 e. The van der Waals surface area contributed by atoms with Gasteiger partial charge in [0.05, 0.1) is 17.2 Å². The van der Waals surface area contributed by atoms with Crippen LogP contribution in [0.3, 0.4) is 0 Å². The van der Waals surface area contributed by atoms with Crippen molar-refractivity contribution in [3.8, 4) is 0 Å². The molecule has 3 rings (SSSR count). The molecule has 3 amide bonds. The maximum Gasteiger partial charge on any atom is 0.341 e. The van der Waals surface area contributed by atoms with Crippen molar-refractivity contribution in [1.29, 1.82) is 0 Å². The number of nitrogens with one attached hydrogen (secondary N) is 2. The summed E-state index contributed by atoms with van der Waals surface area (Å²) in [6.07, 6.45) is 0. The number of ether oxygens (including phenoxy) is 1. The molecule has 1 aliphatic heterocycles. The smallest absolute Gasteiger partial charge is 0.341 e. The number of halogens is 1. The lowest BCUT2D eigenvalue weighted by atomic mass is 10.2. The number of thioether (sulfide) groups is 1. The second-order valence-electron chi connectivity index (χ2n) is 6.20. The highest BCUT2D eigenvalue weighted by molar-refractivity contribution is 8.26. The van der Waals surface area contributed by atoms with Crippen LogP contribution in [0.4, 0.5) is 20.0 Å². The van der Waals surface area contributed by atoms with Crippen LogP contribution in [-0.2, 0) is 19.1 Å². The van der Waals surface area contributed by atoms with E-state index in [2.05, 4.69) is 15.6 Å². The summed E-state index contributed by atoms with van der Waals surface area (Å²) in [7, 11) is 0. The Morgan fingerprint density at radius 1 is 1.24 bits per heavy atom. The fraction of sp³-hybridized carbons (Fsp3) is 0.158. The molecule has 0 atom stereocenters. The average molecular weight is 511 g/mol. The highest BCUT2D eigenvalue weighted by Gasteiger charge is 2.38. The molecule has 1 saturated heterocycles. The molecule has 0 bridgehead atoms. The van der Waals surface area contributed by atoms with E-state index in [-0.39, 0.29) is 32.2 Å². The normalized spacial score (nSPS) is 14.8. The fourth-order valence-corrected chi connectivity index (χ4v) is 4.59. The van der Waals surface area contributed by atoms with Gasteiger partial charge in [0, 0.05) is 11.1 Å². The van der Waals surface area contributed by atoms with Crippen LogP contribution in [0, 0.1) is 5.82 Å². The zero-order chi connectivity index (χ0) is 24.1.